The van der Waals surface area contributed by atoms with Crippen LogP contribution in [-0.4, -0.2) is 52.2 Å². The molecule has 8 heteroatoms. The van der Waals surface area contributed by atoms with E-state index in [1.54, 1.807) is 0 Å². The van der Waals surface area contributed by atoms with E-state index in [1.165, 1.54) is 70.6 Å². The molecule has 0 aromatic carbocycles. The van der Waals surface area contributed by atoms with Gasteiger partial charge in [0.25, 0.3) is 5.88 Å². The van der Waals surface area contributed by atoms with E-state index in [1.807, 2.05) is 0 Å². The van der Waals surface area contributed by atoms with Gasteiger partial charge in [0, 0.05) is 12.0 Å². The van der Waals surface area contributed by atoms with Gasteiger partial charge >= 0.3 is 0 Å². The SMILES string of the molecule is CCCCCCCCCCCC1OC1OC[N+]1([O-])CCC=C(c2nsnc2OCCCCCC)C1. The highest BCUT2D eigenvalue weighted by atomic mass is 32.1. The summed E-state index contributed by atoms with van der Waals surface area (Å²) >= 11 is 1.15. The molecule has 3 rings (SSSR count). The summed E-state index contributed by atoms with van der Waals surface area (Å²) in [7, 11) is 0. The topological polar surface area (TPSA) is 79.8 Å². The number of aromatic nitrogens is 2. The van der Waals surface area contributed by atoms with Gasteiger partial charge in [0.15, 0.2) is 13.0 Å². The van der Waals surface area contributed by atoms with Gasteiger partial charge in [-0.1, -0.05) is 97.0 Å². The molecule has 1 aromatic heterocycles. The zero-order valence-corrected chi connectivity index (χ0v) is 22.9. The number of hydrogen-bond acceptors (Lipinski definition) is 7. The van der Waals surface area contributed by atoms with E-state index in [-0.39, 0.29) is 19.1 Å². The van der Waals surface area contributed by atoms with Gasteiger partial charge in [-0.3, -0.25) is 4.74 Å². The number of quaternary nitrogens is 1. The molecule has 200 valence electrons. The van der Waals surface area contributed by atoms with Crippen LogP contribution in [0.2, 0.25) is 0 Å². The van der Waals surface area contributed by atoms with Gasteiger partial charge in [0.2, 0.25) is 0 Å². The Bertz CT molecular complexity index is 744. The van der Waals surface area contributed by atoms with E-state index in [2.05, 4.69) is 28.7 Å². The Morgan fingerprint density at radius 2 is 1.66 bits per heavy atom. The van der Waals surface area contributed by atoms with Gasteiger partial charge in [-0.15, -0.1) is 4.37 Å². The first-order valence-electron chi connectivity index (χ1n) is 14.1. The standard InChI is InChI=1S/C27H47N3O4S/c1-3-5-7-9-10-11-12-13-14-18-24-27(34-24)33-22-30(31)19-16-17-23(21-30)25-26(29-35-28-25)32-20-15-8-6-4-2/h17,24,27H,3-16,18-22H2,1-2H3. The molecule has 3 heterocycles. The van der Waals surface area contributed by atoms with Crippen molar-refractivity contribution in [2.45, 2.75) is 123 Å². The lowest BCUT2D eigenvalue weighted by molar-refractivity contribution is -0.895. The molecule has 7 nitrogen and oxygen atoms in total. The molecule has 1 aromatic rings. The molecular formula is C27H47N3O4S. The van der Waals surface area contributed by atoms with Crippen molar-refractivity contribution in [2.24, 2.45) is 0 Å². The predicted octanol–water partition coefficient (Wildman–Crippen LogP) is 7.22. The van der Waals surface area contributed by atoms with Gasteiger partial charge < -0.3 is 19.3 Å². The summed E-state index contributed by atoms with van der Waals surface area (Å²) in [6.07, 6.45) is 20.4. The van der Waals surface area contributed by atoms with Crippen LogP contribution in [0.3, 0.4) is 0 Å². The fraction of sp³-hybridized carbons (Fsp3) is 0.852. The summed E-state index contributed by atoms with van der Waals surface area (Å²) < 4.78 is 25.8. The molecule has 2 aliphatic rings. The van der Waals surface area contributed by atoms with Gasteiger partial charge in [0.05, 0.1) is 24.9 Å². The Morgan fingerprint density at radius 3 is 2.40 bits per heavy atom. The van der Waals surface area contributed by atoms with E-state index >= 15 is 0 Å². The van der Waals surface area contributed by atoms with Crippen molar-refractivity contribution in [1.29, 1.82) is 0 Å². The molecule has 0 bridgehead atoms. The molecule has 35 heavy (non-hydrogen) atoms. The largest absolute Gasteiger partial charge is 0.631 e. The smallest absolute Gasteiger partial charge is 0.253 e. The monoisotopic (exact) mass is 509 g/mol. The van der Waals surface area contributed by atoms with E-state index < -0.39 is 4.65 Å². The molecule has 1 fully saturated rings. The van der Waals surface area contributed by atoms with E-state index in [4.69, 9.17) is 14.2 Å². The van der Waals surface area contributed by atoms with E-state index in [0.29, 0.717) is 32.0 Å². The van der Waals surface area contributed by atoms with Crippen LogP contribution >= 0.6 is 11.7 Å². The molecule has 0 radical (unpaired) electrons. The highest BCUT2D eigenvalue weighted by Gasteiger charge is 2.41. The first-order valence-corrected chi connectivity index (χ1v) is 14.9. The number of hydroxylamine groups is 3. The van der Waals surface area contributed by atoms with Crippen LogP contribution in [0.5, 0.6) is 5.88 Å². The maximum absolute atomic E-state index is 13.4. The van der Waals surface area contributed by atoms with Crippen LogP contribution in [0.4, 0.5) is 0 Å². The molecule has 3 atom stereocenters. The van der Waals surface area contributed by atoms with E-state index in [0.717, 1.165) is 42.3 Å². The Balaban J connectivity index is 1.30. The van der Waals surface area contributed by atoms with Gasteiger partial charge in [0.1, 0.15) is 18.3 Å². The Morgan fingerprint density at radius 1 is 0.971 bits per heavy atom. The number of nitrogens with zero attached hydrogens (tertiary/aromatic N) is 3. The number of unbranched alkanes of at least 4 members (excludes halogenated alkanes) is 11. The number of hydrogen-bond donors (Lipinski definition) is 0. The molecular weight excluding hydrogens is 462 g/mol. The lowest BCUT2D eigenvalue weighted by Gasteiger charge is -2.44. The third-order valence-electron chi connectivity index (χ3n) is 6.99. The molecule has 0 saturated carbocycles. The van der Waals surface area contributed by atoms with Crippen molar-refractivity contribution in [1.82, 2.24) is 8.75 Å². The molecule has 3 unspecified atom stereocenters. The molecule has 0 amide bonds. The van der Waals surface area contributed by atoms with Crippen molar-refractivity contribution < 1.29 is 18.9 Å². The van der Waals surface area contributed by atoms with Crippen LogP contribution < -0.4 is 4.74 Å². The van der Waals surface area contributed by atoms with Crippen molar-refractivity contribution in [2.75, 3.05) is 26.4 Å². The first kappa shape index (κ1) is 28.5. The van der Waals surface area contributed by atoms with Crippen molar-refractivity contribution in [3.8, 4) is 5.88 Å². The summed E-state index contributed by atoms with van der Waals surface area (Å²) in [6, 6.07) is 0. The summed E-state index contributed by atoms with van der Waals surface area (Å²) in [5.74, 6) is 0.568. The zero-order valence-electron chi connectivity index (χ0n) is 22.0. The summed E-state index contributed by atoms with van der Waals surface area (Å²) in [6.45, 7) is 6.09. The molecule has 1 saturated heterocycles. The minimum absolute atomic E-state index is 0.126. The van der Waals surface area contributed by atoms with Crippen LogP contribution in [0.25, 0.3) is 5.57 Å². The number of rotatable bonds is 20. The highest BCUT2D eigenvalue weighted by Crippen LogP contribution is 2.33. The highest BCUT2D eigenvalue weighted by molar-refractivity contribution is 6.99. The second-order valence-electron chi connectivity index (χ2n) is 10.2. The van der Waals surface area contributed by atoms with Crippen LogP contribution in [0.1, 0.15) is 116 Å². The predicted molar refractivity (Wildman–Crippen MR) is 142 cm³/mol. The number of epoxide rings is 1. The first-order chi connectivity index (χ1) is 17.1. The van der Waals surface area contributed by atoms with Crippen molar-refractivity contribution in [3.05, 3.63) is 17.0 Å². The molecule has 0 aliphatic carbocycles. The minimum Gasteiger partial charge on any atom is -0.631 e. The second kappa shape index (κ2) is 15.9. The fourth-order valence-electron chi connectivity index (χ4n) is 4.72. The maximum atomic E-state index is 13.4. The van der Waals surface area contributed by atoms with E-state index in [9.17, 15) is 5.21 Å². The van der Waals surface area contributed by atoms with Crippen molar-refractivity contribution in [3.63, 3.8) is 0 Å². The Hall–Kier alpha value is -1.06. The average Bonchev–Trinajstić information content (AvgIpc) is 3.45. The summed E-state index contributed by atoms with van der Waals surface area (Å²) in [5, 5.41) is 13.4. The van der Waals surface area contributed by atoms with Crippen LogP contribution in [-0.2, 0) is 9.47 Å². The average molecular weight is 510 g/mol. The molecule has 2 aliphatic heterocycles. The zero-order chi connectivity index (χ0) is 24.8. The molecule has 0 spiro atoms. The van der Waals surface area contributed by atoms with Crippen LogP contribution in [0.15, 0.2) is 6.08 Å². The summed E-state index contributed by atoms with van der Waals surface area (Å²) in [4.78, 5) is 0. The maximum Gasteiger partial charge on any atom is 0.253 e. The lowest BCUT2D eigenvalue weighted by Crippen LogP contribution is -2.47. The van der Waals surface area contributed by atoms with Gasteiger partial charge in [-0.05, 0) is 12.8 Å². The Labute approximate surface area is 216 Å². The van der Waals surface area contributed by atoms with Crippen molar-refractivity contribution >= 4 is 17.3 Å². The summed E-state index contributed by atoms with van der Waals surface area (Å²) in [5.41, 5.74) is 1.66. The van der Waals surface area contributed by atoms with Gasteiger partial charge in [-0.25, -0.2) is 0 Å². The molecule has 0 N–H and O–H groups in total. The third-order valence-corrected chi connectivity index (χ3v) is 7.50. The van der Waals surface area contributed by atoms with Crippen LogP contribution in [0, 0.1) is 5.21 Å². The minimum atomic E-state index is -0.399. The lowest BCUT2D eigenvalue weighted by atomic mass is 10.1. The number of ether oxygens (including phenoxy) is 3. The Kier molecular flexibility index (Phi) is 13.0. The second-order valence-corrected chi connectivity index (χ2v) is 10.8. The normalized spacial score (nSPS) is 23.9. The van der Waals surface area contributed by atoms with Gasteiger partial charge in [-0.2, -0.15) is 4.37 Å². The fourth-order valence-corrected chi connectivity index (χ4v) is 5.25. The quantitative estimate of drug-likeness (QED) is 0.0799. The third kappa shape index (κ3) is 10.4.